The van der Waals surface area contributed by atoms with E-state index in [1.54, 1.807) is 6.07 Å². The van der Waals surface area contributed by atoms with Crippen molar-refractivity contribution in [3.63, 3.8) is 0 Å². The molecule has 0 amide bonds. The Morgan fingerprint density at radius 1 is 1.29 bits per heavy atom. The van der Waals surface area contributed by atoms with E-state index < -0.39 is 10.0 Å². The first-order chi connectivity index (χ1) is 9.94. The van der Waals surface area contributed by atoms with Gasteiger partial charge < -0.3 is 10.1 Å². The Balaban J connectivity index is 2.27. The highest BCUT2D eigenvalue weighted by atomic mass is 32.2. The average Bonchev–Trinajstić information content (AvgIpc) is 2.42. The van der Waals surface area contributed by atoms with E-state index in [-0.39, 0.29) is 6.04 Å². The molecule has 1 saturated heterocycles. The van der Waals surface area contributed by atoms with Gasteiger partial charge in [0, 0.05) is 19.2 Å². The van der Waals surface area contributed by atoms with Crippen molar-refractivity contribution in [3.05, 3.63) is 28.8 Å². The Morgan fingerprint density at radius 3 is 2.67 bits per heavy atom. The molecule has 1 aromatic rings. The monoisotopic (exact) mass is 312 g/mol. The van der Waals surface area contributed by atoms with Crippen LogP contribution in [0.15, 0.2) is 17.0 Å². The molecule has 1 heterocycles. The first-order valence-corrected chi connectivity index (χ1v) is 8.77. The SMILES string of the molecule is CNCc1cc(S(=O)(=O)NC2CCCOC2)c(C)cc1C. The third-order valence-electron chi connectivity index (χ3n) is 3.77. The predicted molar refractivity (Wildman–Crippen MR) is 82.8 cm³/mol. The summed E-state index contributed by atoms with van der Waals surface area (Å²) in [4.78, 5) is 0.365. The van der Waals surface area contributed by atoms with Gasteiger partial charge in [-0.1, -0.05) is 6.07 Å². The fraction of sp³-hybridized carbons (Fsp3) is 0.600. The lowest BCUT2D eigenvalue weighted by Crippen LogP contribution is -2.40. The van der Waals surface area contributed by atoms with Crippen LogP contribution in [-0.2, 0) is 21.3 Å². The molecular weight excluding hydrogens is 288 g/mol. The van der Waals surface area contributed by atoms with Crippen molar-refractivity contribution in [2.45, 2.75) is 44.2 Å². The van der Waals surface area contributed by atoms with Crippen LogP contribution in [0, 0.1) is 13.8 Å². The molecule has 0 aliphatic carbocycles. The van der Waals surface area contributed by atoms with Crippen molar-refractivity contribution in [1.82, 2.24) is 10.0 Å². The molecule has 0 bridgehead atoms. The third-order valence-corrected chi connectivity index (χ3v) is 5.43. The smallest absolute Gasteiger partial charge is 0.241 e. The molecule has 1 fully saturated rings. The molecule has 21 heavy (non-hydrogen) atoms. The lowest BCUT2D eigenvalue weighted by atomic mass is 10.1. The average molecular weight is 312 g/mol. The van der Waals surface area contributed by atoms with Crippen molar-refractivity contribution in [1.29, 1.82) is 0 Å². The molecule has 1 unspecified atom stereocenters. The van der Waals surface area contributed by atoms with E-state index in [2.05, 4.69) is 10.0 Å². The molecule has 0 radical (unpaired) electrons. The topological polar surface area (TPSA) is 67.4 Å². The molecule has 6 heteroatoms. The maximum absolute atomic E-state index is 12.6. The molecule has 5 nitrogen and oxygen atoms in total. The van der Waals surface area contributed by atoms with Crippen LogP contribution < -0.4 is 10.0 Å². The number of sulfonamides is 1. The van der Waals surface area contributed by atoms with E-state index in [9.17, 15) is 8.42 Å². The van der Waals surface area contributed by atoms with Crippen LogP contribution >= 0.6 is 0 Å². The Morgan fingerprint density at radius 2 is 2.05 bits per heavy atom. The molecule has 0 saturated carbocycles. The van der Waals surface area contributed by atoms with Crippen molar-refractivity contribution < 1.29 is 13.2 Å². The summed E-state index contributed by atoms with van der Waals surface area (Å²) in [5.74, 6) is 0. The zero-order valence-corrected chi connectivity index (χ0v) is 13.7. The van der Waals surface area contributed by atoms with Crippen molar-refractivity contribution >= 4 is 10.0 Å². The minimum atomic E-state index is -3.51. The van der Waals surface area contributed by atoms with Gasteiger partial charge >= 0.3 is 0 Å². The standard InChI is InChI=1S/C15H24N2O3S/c1-11-7-12(2)15(8-13(11)9-16-3)21(18,19)17-14-5-4-6-20-10-14/h7-8,14,16-17H,4-6,9-10H2,1-3H3. The molecule has 0 spiro atoms. The second-order valence-corrected chi connectivity index (χ2v) is 7.29. The Labute approximate surface area is 127 Å². The number of aryl methyl sites for hydroxylation is 2. The number of rotatable bonds is 5. The van der Waals surface area contributed by atoms with Crippen molar-refractivity contribution in [2.75, 3.05) is 20.3 Å². The second kappa shape index (κ2) is 6.87. The van der Waals surface area contributed by atoms with Crippen LogP contribution in [0.3, 0.4) is 0 Å². The van der Waals surface area contributed by atoms with Gasteiger partial charge in [0.05, 0.1) is 11.5 Å². The van der Waals surface area contributed by atoms with Gasteiger partial charge in [0.15, 0.2) is 0 Å². The predicted octanol–water partition coefficient (Wildman–Crippen LogP) is 1.48. The Kier molecular flexibility index (Phi) is 5.37. The highest BCUT2D eigenvalue weighted by molar-refractivity contribution is 7.89. The van der Waals surface area contributed by atoms with E-state index in [4.69, 9.17) is 4.74 Å². The molecule has 2 rings (SSSR count). The summed E-state index contributed by atoms with van der Waals surface area (Å²) < 4.78 is 33.3. The van der Waals surface area contributed by atoms with Gasteiger partial charge in [-0.15, -0.1) is 0 Å². The van der Waals surface area contributed by atoms with Crippen molar-refractivity contribution in [2.24, 2.45) is 0 Å². The summed E-state index contributed by atoms with van der Waals surface area (Å²) in [6, 6.07) is 3.57. The van der Waals surface area contributed by atoms with Gasteiger partial charge in [-0.25, -0.2) is 13.1 Å². The van der Waals surface area contributed by atoms with E-state index >= 15 is 0 Å². The number of nitrogens with one attached hydrogen (secondary N) is 2. The summed E-state index contributed by atoms with van der Waals surface area (Å²) in [6.07, 6.45) is 1.72. The quantitative estimate of drug-likeness (QED) is 0.864. The number of hydrogen-bond acceptors (Lipinski definition) is 4. The number of hydrogen-bond donors (Lipinski definition) is 2. The molecule has 1 aliphatic heterocycles. The number of ether oxygens (including phenoxy) is 1. The Hall–Kier alpha value is -0.950. The zero-order chi connectivity index (χ0) is 15.5. The van der Waals surface area contributed by atoms with Gasteiger partial charge in [0.2, 0.25) is 10.0 Å². The third kappa shape index (κ3) is 4.03. The Bertz CT molecular complexity index is 593. The van der Waals surface area contributed by atoms with E-state index in [0.717, 1.165) is 29.5 Å². The zero-order valence-electron chi connectivity index (χ0n) is 12.9. The van der Waals surface area contributed by atoms with E-state index in [0.29, 0.717) is 24.7 Å². The molecular formula is C15H24N2O3S. The fourth-order valence-electron chi connectivity index (χ4n) is 2.66. The van der Waals surface area contributed by atoms with Crippen LogP contribution in [0.2, 0.25) is 0 Å². The molecule has 1 aliphatic rings. The molecule has 1 aromatic carbocycles. The normalized spacial score (nSPS) is 19.7. The molecule has 0 aromatic heterocycles. The van der Waals surface area contributed by atoms with Gasteiger partial charge in [-0.3, -0.25) is 0 Å². The van der Waals surface area contributed by atoms with Gasteiger partial charge in [0.1, 0.15) is 0 Å². The van der Waals surface area contributed by atoms with Crippen LogP contribution in [-0.4, -0.2) is 34.7 Å². The maximum Gasteiger partial charge on any atom is 0.241 e. The van der Waals surface area contributed by atoms with Crippen LogP contribution in [0.25, 0.3) is 0 Å². The summed E-state index contributed by atoms with van der Waals surface area (Å²) in [6.45, 7) is 5.66. The van der Waals surface area contributed by atoms with Crippen LogP contribution in [0.1, 0.15) is 29.5 Å². The summed E-state index contributed by atoms with van der Waals surface area (Å²) in [7, 11) is -1.65. The van der Waals surface area contributed by atoms with Gasteiger partial charge in [-0.2, -0.15) is 0 Å². The largest absolute Gasteiger partial charge is 0.380 e. The first kappa shape index (κ1) is 16.4. The van der Waals surface area contributed by atoms with E-state index in [1.807, 2.05) is 27.0 Å². The van der Waals surface area contributed by atoms with Crippen LogP contribution in [0.4, 0.5) is 0 Å². The highest BCUT2D eigenvalue weighted by Crippen LogP contribution is 2.21. The second-order valence-electron chi connectivity index (χ2n) is 5.61. The minimum Gasteiger partial charge on any atom is -0.380 e. The fourth-order valence-corrected chi connectivity index (χ4v) is 4.19. The number of benzene rings is 1. The van der Waals surface area contributed by atoms with Crippen LogP contribution in [0.5, 0.6) is 0 Å². The van der Waals surface area contributed by atoms with Gasteiger partial charge in [-0.05, 0) is 56.5 Å². The minimum absolute atomic E-state index is 0.128. The summed E-state index contributed by atoms with van der Waals surface area (Å²) in [5, 5.41) is 3.07. The lowest BCUT2D eigenvalue weighted by molar-refractivity contribution is 0.0774. The summed E-state index contributed by atoms with van der Waals surface area (Å²) in [5.41, 5.74) is 2.88. The maximum atomic E-state index is 12.6. The highest BCUT2D eigenvalue weighted by Gasteiger charge is 2.24. The molecule has 1 atom stereocenters. The first-order valence-electron chi connectivity index (χ1n) is 7.29. The summed E-state index contributed by atoms with van der Waals surface area (Å²) >= 11 is 0. The van der Waals surface area contributed by atoms with Gasteiger partial charge in [0.25, 0.3) is 0 Å². The molecule has 2 N–H and O–H groups in total. The van der Waals surface area contributed by atoms with Crippen molar-refractivity contribution in [3.8, 4) is 0 Å². The lowest BCUT2D eigenvalue weighted by Gasteiger charge is -2.23. The van der Waals surface area contributed by atoms with E-state index in [1.165, 1.54) is 0 Å². The molecule has 118 valence electrons.